The number of hydrazone groups is 1. The van der Waals surface area contributed by atoms with Crippen LogP contribution in [-0.2, 0) is 0 Å². The van der Waals surface area contributed by atoms with Crippen molar-refractivity contribution in [1.82, 2.24) is 14.8 Å². The molecule has 1 amide bonds. The fraction of sp³-hybridized carbons (Fsp3) is 0.167. The number of imidazole rings is 1. The SMILES string of the molecule is Cc1ccc(/C=N/NC(=O)c2c(C)nc3c(C)cccn23)cc1. The molecule has 0 atom stereocenters. The van der Waals surface area contributed by atoms with E-state index >= 15 is 0 Å². The molecule has 0 radical (unpaired) electrons. The minimum Gasteiger partial charge on any atom is -0.295 e. The number of rotatable bonds is 3. The zero-order chi connectivity index (χ0) is 16.4. The van der Waals surface area contributed by atoms with Gasteiger partial charge in [-0.05, 0) is 38.0 Å². The fourth-order valence-electron chi connectivity index (χ4n) is 2.46. The van der Waals surface area contributed by atoms with Crippen molar-refractivity contribution in [3.05, 3.63) is 70.7 Å². The number of hydrogen-bond acceptors (Lipinski definition) is 3. The van der Waals surface area contributed by atoms with E-state index in [4.69, 9.17) is 0 Å². The second-order valence-corrected chi connectivity index (χ2v) is 5.54. The largest absolute Gasteiger partial charge is 0.295 e. The average molecular weight is 306 g/mol. The van der Waals surface area contributed by atoms with Gasteiger partial charge in [-0.15, -0.1) is 0 Å². The third kappa shape index (κ3) is 2.99. The highest BCUT2D eigenvalue weighted by Gasteiger charge is 2.16. The minimum atomic E-state index is -0.274. The van der Waals surface area contributed by atoms with Crippen LogP contribution in [0.5, 0.6) is 0 Å². The maximum atomic E-state index is 12.4. The Hall–Kier alpha value is -2.95. The minimum absolute atomic E-state index is 0.274. The standard InChI is InChI=1S/C18H18N4O/c1-12-6-8-15(9-7-12)11-19-21-18(23)16-14(3)20-17-13(2)5-4-10-22(16)17/h4-11H,1-3H3,(H,21,23)/b19-11+. The molecular weight excluding hydrogens is 288 g/mol. The lowest BCUT2D eigenvalue weighted by Gasteiger charge is -2.02. The lowest BCUT2D eigenvalue weighted by Crippen LogP contribution is -2.20. The molecule has 0 spiro atoms. The van der Waals surface area contributed by atoms with E-state index < -0.39 is 0 Å². The average Bonchev–Trinajstić information content (AvgIpc) is 2.87. The van der Waals surface area contributed by atoms with Crippen molar-refractivity contribution in [2.45, 2.75) is 20.8 Å². The van der Waals surface area contributed by atoms with E-state index in [2.05, 4.69) is 15.5 Å². The molecule has 116 valence electrons. The number of nitrogens with zero attached hydrogens (tertiary/aromatic N) is 3. The molecule has 3 rings (SSSR count). The second-order valence-electron chi connectivity index (χ2n) is 5.54. The van der Waals surface area contributed by atoms with Crippen LogP contribution < -0.4 is 5.43 Å². The van der Waals surface area contributed by atoms with Crippen molar-refractivity contribution >= 4 is 17.8 Å². The van der Waals surface area contributed by atoms with Gasteiger partial charge in [0, 0.05) is 6.20 Å². The van der Waals surface area contributed by atoms with Crippen LogP contribution in [0.3, 0.4) is 0 Å². The van der Waals surface area contributed by atoms with Crippen molar-refractivity contribution in [1.29, 1.82) is 0 Å². The Balaban J connectivity index is 1.82. The number of benzene rings is 1. The van der Waals surface area contributed by atoms with Crippen LogP contribution in [0.1, 0.15) is 32.9 Å². The van der Waals surface area contributed by atoms with E-state index in [1.807, 2.05) is 63.4 Å². The zero-order valence-corrected chi connectivity index (χ0v) is 13.4. The van der Waals surface area contributed by atoms with Gasteiger partial charge in [0.25, 0.3) is 5.91 Å². The molecular formula is C18H18N4O. The summed E-state index contributed by atoms with van der Waals surface area (Å²) in [5.41, 5.74) is 7.69. The fourth-order valence-corrected chi connectivity index (χ4v) is 2.46. The Bertz CT molecular complexity index is 891. The molecule has 23 heavy (non-hydrogen) atoms. The van der Waals surface area contributed by atoms with Gasteiger partial charge in [0.2, 0.25) is 0 Å². The van der Waals surface area contributed by atoms with E-state index in [-0.39, 0.29) is 5.91 Å². The number of fused-ring (bicyclic) bond motifs is 1. The number of amides is 1. The number of aromatic nitrogens is 2. The molecule has 2 aromatic heterocycles. The van der Waals surface area contributed by atoms with Gasteiger partial charge < -0.3 is 0 Å². The molecule has 0 aliphatic rings. The number of pyridine rings is 1. The molecule has 0 saturated heterocycles. The van der Waals surface area contributed by atoms with E-state index in [1.54, 1.807) is 10.6 Å². The van der Waals surface area contributed by atoms with Gasteiger partial charge in [-0.2, -0.15) is 5.10 Å². The molecule has 0 fully saturated rings. The maximum Gasteiger partial charge on any atom is 0.290 e. The molecule has 5 nitrogen and oxygen atoms in total. The number of hydrogen-bond donors (Lipinski definition) is 1. The van der Waals surface area contributed by atoms with Crippen LogP contribution in [0, 0.1) is 20.8 Å². The summed E-state index contributed by atoms with van der Waals surface area (Å²) in [5, 5.41) is 4.03. The summed E-state index contributed by atoms with van der Waals surface area (Å²) in [6, 6.07) is 11.8. The first kappa shape index (κ1) is 15.0. The van der Waals surface area contributed by atoms with Crippen molar-refractivity contribution in [2.75, 3.05) is 0 Å². The van der Waals surface area contributed by atoms with Crippen LogP contribution in [0.25, 0.3) is 5.65 Å². The Morgan fingerprint density at radius 1 is 1.17 bits per heavy atom. The Morgan fingerprint density at radius 2 is 1.91 bits per heavy atom. The third-order valence-corrected chi connectivity index (χ3v) is 3.69. The topological polar surface area (TPSA) is 58.8 Å². The van der Waals surface area contributed by atoms with Gasteiger partial charge in [0.1, 0.15) is 11.3 Å². The normalized spacial score (nSPS) is 11.3. The molecule has 0 aliphatic carbocycles. The molecule has 2 heterocycles. The molecule has 0 saturated carbocycles. The highest BCUT2D eigenvalue weighted by atomic mass is 16.2. The summed E-state index contributed by atoms with van der Waals surface area (Å²) >= 11 is 0. The lowest BCUT2D eigenvalue weighted by molar-refractivity contribution is 0.0948. The summed E-state index contributed by atoms with van der Waals surface area (Å²) < 4.78 is 1.79. The molecule has 3 aromatic rings. The van der Waals surface area contributed by atoms with E-state index in [1.165, 1.54) is 5.56 Å². The maximum absolute atomic E-state index is 12.4. The first-order valence-electron chi connectivity index (χ1n) is 7.40. The summed E-state index contributed by atoms with van der Waals surface area (Å²) in [7, 11) is 0. The first-order valence-corrected chi connectivity index (χ1v) is 7.40. The number of nitrogens with one attached hydrogen (secondary N) is 1. The van der Waals surface area contributed by atoms with Gasteiger partial charge in [0.15, 0.2) is 0 Å². The molecule has 0 bridgehead atoms. The van der Waals surface area contributed by atoms with Crippen LogP contribution in [0.2, 0.25) is 0 Å². The van der Waals surface area contributed by atoms with Crippen molar-refractivity contribution in [2.24, 2.45) is 5.10 Å². The van der Waals surface area contributed by atoms with E-state index in [0.29, 0.717) is 11.4 Å². The van der Waals surface area contributed by atoms with Gasteiger partial charge in [-0.1, -0.05) is 35.9 Å². The first-order chi connectivity index (χ1) is 11.1. The van der Waals surface area contributed by atoms with Crippen LogP contribution in [0.15, 0.2) is 47.7 Å². The smallest absolute Gasteiger partial charge is 0.290 e. The number of aryl methyl sites for hydroxylation is 3. The van der Waals surface area contributed by atoms with Crippen molar-refractivity contribution < 1.29 is 4.79 Å². The molecule has 0 aliphatic heterocycles. The zero-order valence-electron chi connectivity index (χ0n) is 13.4. The summed E-state index contributed by atoms with van der Waals surface area (Å²) in [6.07, 6.45) is 3.46. The van der Waals surface area contributed by atoms with Gasteiger partial charge in [-0.25, -0.2) is 10.4 Å². The predicted octanol–water partition coefficient (Wildman–Crippen LogP) is 3.02. The highest BCUT2D eigenvalue weighted by molar-refractivity contribution is 5.95. The van der Waals surface area contributed by atoms with Gasteiger partial charge >= 0.3 is 0 Å². The van der Waals surface area contributed by atoms with Crippen LogP contribution >= 0.6 is 0 Å². The summed E-state index contributed by atoms with van der Waals surface area (Å²) in [5.74, 6) is -0.274. The van der Waals surface area contributed by atoms with Crippen LogP contribution in [-0.4, -0.2) is 21.5 Å². The molecule has 0 unspecified atom stereocenters. The molecule has 5 heteroatoms. The summed E-state index contributed by atoms with van der Waals surface area (Å²) in [4.78, 5) is 16.9. The van der Waals surface area contributed by atoms with E-state index in [0.717, 1.165) is 16.8 Å². The monoisotopic (exact) mass is 306 g/mol. The van der Waals surface area contributed by atoms with E-state index in [9.17, 15) is 4.79 Å². The second kappa shape index (κ2) is 6.04. The van der Waals surface area contributed by atoms with Gasteiger partial charge in [0.05, 0.1) is 11.9 Å². The number of carbonyl (C=O) groups excluding carboxylic acids is 1. The Labute approximate surface area is 134 Å². The van der Waals surface area contributed by atoms with Crippen LogP contribution in [0.4, 0.5) is 0 Å². The highest BCUT2D eigenvalue weighted by Crippen LogP contribution is 2.15. The Morgan fingerprint density at radius 3 is 2.65 bits per heavy atom. The van der Waals surface area contributed by atoms with Crippen molar-refractivity contribution in [3.63, 3.8) is 0 Å². The van der Waals surface area contributed by atoms with Gasteiger partial charge in [-0.3, -0.25) is 9.20 Å². The third-order valence-electron chi connectivity index (χ3n) is 3.69. The molecule has 1 aromatic carbocycles. The Kier molecular flexibility index (Phi) is 3.93. The van der Waals surface area contributed by atoms with Crippen molar-refractivity contribution in [3.8, 4) is 0 Å². The number of carbonyl (C=O) groups is 1. The predicted molar refractivity (Wildman–Crippen MR) is 90.9 cm³/mol. The lowest BCUT2D eigenvalue weighted by atomic mass is 10.2. The summed E-state index contributed by atoms with van der Waals surface area (Å²) in [6.45, 7) is 5.82. The molecule has 1 N–H and O–H groups in total. The quantitative estimate of drug-likeness (QED) is 0.597.